The Morgan fingerprint density at radius 1 is 1.41 bits per heavy atom. The Hall–Kier alpha value is -1.47. The number of aromatic nitrogens is 3. The molecule has 0 amide bonds. The van der Waals surface area contributed by atoms with Crippen LogP contribution < -0.4 is 5.32 Å². The largest absolute Gasteiger partial charge is 0.354 e. The second kappa shape index (κ2) is 4.42. The molecule has 5 nitrogen and oxygen atoms in total. The van der Waals surface area contributed by atoms with E-state index in [-0.39, 0.29) is 0 Å². The molecule has 17 heavy (non-hydrogen) atoms. The van der Waals surface area contributed by atoms with E-state index in [4.69, 9.17) is 0 Å². The van der Waals surface area contributed by atoms with E-state index in [1.165, 1.54) is 6.39 Å². The fourth-order valence-corrected chi connectivity index (χ4v) is 2.59. The maximum Gasteiger partial charge on any atom is 0.213 e. The zero-order valence-corrected chi connectivity index (χ0v) is 11.0. The van der Waals surface area contributed by atoms with Crippen molar-refractivity contribution in [1.29, 1.82) is 0 Å². The normalized spacial score (nSPS) is 10.9. The van der Waals surface area contributed by atoms with Crippen molar-refractivity contribution in [2.45, 2.75) is 6.54 Å². The van der Waals surface area contributed by atoms with Crippen LogP contribution in [0.2, 0.25) is 0 Å². The number of thiazole rings is 1. The molecule has 0 fully saturated rings. The predicted molar refractivity (Wildman–Crippen MR) is 68.9 cm³/mol. The third-order valence-electron chi connectivity index (χ3n) is 2.15. The molecule has 0 aliphatic rings. The van der Waals surface area contributed by atoms with E-state index in [1.807, 2.05) is 18.2 Å². The molecular formula is C10H7BrN4OS. The molecule has 0 radical (unpaired) electrons. The summed E-state index contributed by atoms with van der Waals surface area (Å²) < 4.78 is 6.82. The molecule has 0 atom stereocenters. The second-order valence-electron chi connectivity index (χ2n) is 3.33. The summed E-state index contributed by atoms with van der Waals surface area (Å²) in [6, 6.07) is 6.03. The number of halogens is 1. The van der Waals surface area contributed by atoms with Gasteiger partial charge in [-0.15, -0.1) is 0 Å². The Balaban J connectivity index is 1.81. The van der Waals surface area contributed by atoms with Gasteiger partial charge in [0.2, 0.25) is 6.39 Å². The van der Waals surface area contributed by atoms with Gasteiger partial charge < -0.3 is 9.84 Å². The third-order valence-corrected chi connectivity index (χ3v) is 3.64. The van der Waals surface area contributed by atoms with Gasteiger partial charge in [-0.3, -0.25) is 0 Å². The Kier molecular flexibility index (Phi) is 2.77. The molecule has 86 valence electrons. The predicted octanol–water partition coefficient (Wildman–Crippen LogP) is 3.05. The zero-order valence-electron chi connectivity index (χ0n) is 8.55. The topological polar surface area (TPSA) is 63.8 Å². The summed E-state index contributed by atoms with van der Waals surface area (Å²) in [4.78, 5) is 8.39. The van der Waals surface area contributed by atoms with E-state index in [0.29, 0.717) is 12.4 Å². The first-order valence-corrected chi connectivity index (χ1v) is 6.47. The van der Waals surface area contributed by atoms with Gasteiger partial charge in [0.1, 0.15) is 0 Å². The Bertz CT molecular complexity index is 637. The lowest BCUT2D eigenvalue weighted by molar-refractivity contribution is 0.411. The van der Waals surface area contributed by atoms with E-state index < -0.39 is 0 Å². The molecule has 2 aromatic heterocycles. The van der Waals surface area contributed by atoms with Gasteiger partial charge in [0.25, 0.3) is 0 Å². The van der Waals surface area contributed by atoms with Gasteiger partial charge >= 0.3 is 0 Å². The van der Waals surface area contributed by atoms with E-state index in [0.717, 1.165) is 19.8 Å². The van der Waals surface area contributed by atoms with Crippen LogP contribution in [0, 0.1) is 0 Å². The molecule has 1 aromatic carbocycles. The zero-order chi connectivity index (χ0) is 11.7. The fraction of sp³-hybridized carbons (Fsp3) is 0.100. The van der Waals surface area contributed by atoms with Crippen LogP contribution in [0.3, 0.4) is 0 Å². The average Bonchev–Trinajstić information content (AvgIpc) is 2.94. The average molecular weight is 311 g/mol. The van der Waals surface area contributed by atoms with Crippen molar-refractivity contribution in [2.24, 2.45) is 0 Å². The maximum atomic E-state index is 4.65. The molecule has 0 unspecified atom stereocenters. The van der Waals surface area contributed by atoms with Crippen LogP contribution in [-0.4, -0.2) is 15.1 Å². The van der Waals surface area contributed by atoms with Crippen LogP contribution >= 0.6 is 27.3 Å². The number of nitrogens with one attached hydrogen (secondary N) is 1. The highest BCUT2D eigenvalue weighted by Gasteiger charge is 2.05. The molecule has 0 bridgehead atoms. The summed E-state index contributed by atoms with van der Waals surface area (Å²) in [5.74, 6) is 0.616. The van der Waals surface area contributed by atoms with Crippen LogP contribution in [-0.2, 0) is 6.54 Å². The molecule has 0 saturated carbocycles. The number of rotatable bonds is 3. The van der Waals surface area contributed by atoms with Crippen molar-refractivity contribution in [3.05, 3.63) is 34.9 Å². The molecule has 0 aliphatic carbocycles. The number of nitrogens with zero attached hydrogens (tertiary/aromatic N) is 3. The summed E-state index contributed by atoms with van der Waals surface area (Å²) in [6.45, 7) is 0.511. The second-order valence-corrected chi connectivity index (χ2v) is 5.28. The quantitative estimate of drug-likeness (QED) is 0.805. The Morgan fingerprint density at radius 3 is 3.18 bits per heavy atom. The molecule has 0 saturated heterocycles. The van der Waals surface area contributed by atoms with Crippen molar-refractivity contribution >= 4 is 42.6 Å². The number of benzene rings is 1. The highest BCUT2D eigenvalue weighted by atomic mass is 79.9. The molecule has 3 rings (SSSR count). The molecule has 3 aromatic rings. The summed E-state index contributed by atoms with van der Waals surface area (Å²) >= 11 is 5.02. The molecule has 0 aliphatic heterocycles. The van der Waals surface area contributed by atoms with Crippen molar-refractivity contribution in [2.75, 3.05) is 5.32 Å². The molecule has 7 heteroatoms. The Labute approximate surface area is 109 Å². The minimum atomic E-state index is 0.511. The summed E-state index contributed by atoms with van der Waals surface area (Å²) in [6.07, 6.45) is 1.31. The lowest BCUT2D eigenvalue weighted by Gasteiger charge is -1.95. The summed E-state index contributed by atoms with van der Waals surface area (Å²) in [5.41, 5.74) is 0.972. The van der Waals surface area contributed by atoms with Crippen LogP contribution in [0.5, 0.6) is 0 Å². The SMILES string of the molecule is Brc1ccc2sc(NCc3ncon3)nc2c1. The smallest absolute Gasteiger partial charge is 0.213 e. The number of hydrogen-bond acceptors (Lipinski definition) is 6. The lowest BCUT2D eigenvalue weighted by atomic mass is 10.3. The highest BCUT2D eigenvalue weighted by Crippen LogP contribution is 2.28. The molecular weight excluding hydrogens is 304 g/mol. The number of hydrogen-bond donors (Lipinski definition) is 1. The molecule has 0 spiro atoms. The van der Waals surface area contributed by atoms with E-state index in [2.05, 4.69) is 40.9 Å². The highest BCUT2D eigenvalue weighted by molar-refractivity contribution is 9.10. The standard InChI is InChI=1S/C10H7BrN4OS/c11-6-1-2-8-7(3-6)14-10(17-8)12-4-9-13-5-16-15-9/h1-3,5H,4H2,(H,12,14). The summed E-state index contributed by atoms with van der Waals surface area (Å²) in [5, 5.41) is 7.73. The maximum absolute atomic E-state index is 4.65. The van der Waals surface area contributed by atoms with Crippen molar-refractivity contribution in [1.82, 2.24) is 15.1 Å². The van der Waals surface area contributed by atoms with E-state index in [9.17, 15) is 0 Å². The van der Waals surface area contributed by atoms with Gasteiger partial charge in [-0.1, -0.05) is 32.4 Å². The lowest BCUT2D eigenvalue weighted by Crippen LogP contribution is -2.00. The van der Waals surface area contributed by atoms with E-state index >= 15 is 0 Å². The van der Waals surface area contributed by atoms with Crippen LogP contribution in [0.15, 0.2) is 33.6 Å². The first-order valence-electron chi connectivity index (χ1n) is 4.86. The Morgan fingerprint density at radius 2 is 2.35 bits per heavy atom. The summed E-state index contributed by atoms with van der Waals surface area (Å²) in [7, 11) is 0. The minimum Gasteiger partial charge on any atom is -0.354 e. The first-order chi connectivity index (χ1) is 8.31. The third kappa shape index (κ3) is 2.29. The number of anilines is 1. The number of fused-ring (bicyclic) bond motifs is 1. The fourth-order valence-electron chi connectivity index (χ4n) is 1.40. The minimum absolute atomic E-state index is 0.511. The van der Waals surface area contributed by atoms with Crippen LogP contribution in [0.25, 0.3) is 10.2 Å². The van der Waals surface area contributed by atoms with Gasteiger partial charge in [-0.2, -0.15) is 4.98 Å². The van der Waals surface area contributed by atoms with Gasteiger partial charge in [0.15, 0.2) is 11.0 Å². The monoisotopic (exact) mass is 310 g/mol. The van der Waals surface area contributed by atoms with Crippen LogP contribution in [0.1, 0.15) is 5.82 Å². The molecule has 2 heterocycles. The van der Waals surface area contributed by atoms with Crippen LogP contribution in [0.4, 0.5) is 5.13 Å². The van der Waals surface area contributed by atoms with Gasteiger partial charge in [-0.05, 0) is 18.2 Å². The van der Waals surface area contributed by atoms with Crippen molar-refractivity contribution in [3.8, 4) is 0 Å². The van der Waals surface area contributed by atoms with E-state index in [1.54, 1.807) is 11.3 Å². The van der Waals surface area contributed by atoms with Crippen molar-refractivity contribution < 1.29 is 4.52 Å². The van der Waals surface area contributed by atoms with Gasteiger partial charge in [-0.25, -0.2) is 4.98 Å². The first kappa shape index (κ1) is 10.7. The molecule has 1 N–H and O–H groups in total. The van der Waals surface area contributed by atoms with Gasteiger partial charge in [0.05, 0.1) is 16.8 Å². The van der Waals surface area contributed by atoms with Gasteiger partial charge in [0, 0.05) is 4.47 Å². The van der Waals surface area contributed by atoms with Crippen molar-refractivity contribution in [3.63, 3.8) is 0 Å².